The summed E-state index contributed by atoms with van der Waals surface area (Å²) >= 11 is 0. The standard InChI is InChI=1S/C10H19N/c1-4-5-6-7-10(8-11)9(2)3/h6-9H,4-5,11H2,1-3H3/b7-6-,10-8+. The molecule has 0 aliphatic heterocycles. The summed E-state index contributed by atoms with van der Waals surface area (Å²) in [5, 5.41) is 0. The van der Waals surface area contributed by atoms with Gasteiger partial charge in [-0.1, -0.05) is 39.3 Å². The first-order valence-corrected chi connectivity index (χ1v) is 4.30. The lowest BCUT2D eigenvalue weighted by Gasteiger charge is -2.03. The van der Waals surface area contributed by atoms with E-state index in [1.807, 2.05) is 0 Å². The largest absolute Gasteiger partial charge is 0.404 e. The number of rotatable bonds is 4. The van der Waals surface area contributed by atoms with E-state index in [1.165, 1.54) is 12.0 Å². The van der Waals surface area contributed by atoms with Crippen molar-refractivity contribution in [3.8, 4) is 0 Å². The molecule has 0 radical (unpaired) electrons. The molecule has 2 N–H and O–H groups in total. The van der Waals surface area contributed by atoms with Gasteiger partial charge < -0.3 is 5.73 Å². The second kappa shape index (κ2) is 6.02. The molecule has 0 aromatic carbocycles. The van der Waals surface area contributed by atoms with Crippen molar-refractivity contribution in [1.82, 2.24) is 0 Å². The van der Waals surface area contributed by atoms with E-state index < -0.39 is 0 Å². The molecule has 0 heterocycles. The molecule has 0 aliphatic carbocycles. The molecule has 0 amide bonds. The number of unbranched alkanes of at least 4 members (excludes halogenated alkanes) is 1. The van der Waals surface area contributed by atoms with Gasteiger partial charge in [0.2, 0.25) is 0 Å². The van der Waals surface area contributed by atoms with Gasteiger partial charge in [-0.3, -0.25) is 0 Å². The summed E-state index contributed by atoms with van der Waals surface area (Å²) in [5.41, 5.74) is 6.66. The molecule has 0 rings (SSSR count). The zero-order valence-electron chi connectivity index (χ0n) is 7.80. The molecule has 0 saturated carbocycles. The Hall–Kier alpha value is -0.720. The van der Waals surface area contributed by atoms with Crippen LogP contribution in [0.3, 0.4) is 0 Å². The van der Waals surface area contributed by atoms with Crippen LogP contribution in [0.2, 0.25) is 0 Å². The van der Waals surface area contributed by atoms with Crippen molar-refractivity contribution in [1.29, 1.82) is 0 Å². The summed E-state index contributed by atoms with van der Waals surface area (Å²) in [4.78, 5) is 0. The summed E-state index contributed by atoms with van der Waals surface area (Å²) in [6, 6.07) is 0. The molecular weight excluding hydrogens is 134 g/mol. The molecule has 0 aromatic rings. The Labute approximate surface area is 70.0 Å². The smallest absolute Gasteiger partial charge is 0.00272 e. The summed E-state index contributed by atoms with van der Waals surface area (Å²) in [6.45, 7) is 6.47. The molecule has 0 bridgehead atoms. The molecule has 0 saturated heterocycles. The Morgan fingerprint density at radius 2 is 2.09 bits per heavy atom. The van der Waals surface area contributed by atoms with Crippen LogP contribution < -0.4 is 5.73 Å². The van der Waals surface area contributed by atoms with Crippen LogP contribution in [0.15, 0.2) is 23.9 Å². The first-order chi connectivity index (χ1) is 5.22. The Bertz CT molecular complexity index is 143. The van der Waals surface area contributed by atoms with Crippen LogP contribution in [-0.4, -0.2) is 0 Å². The van der Waals surface area contributed by atoms with E-state index in [2.05, 4.69) is 32.9 Å². The van der Waals surface area contributed by atoms with Gasteiger partial charge in [-0.2, -0.15) is 0 Å². The van der Waals surface area contributed by atoms with Gasteiger partial charge in [-0.15, -0.1) is 0 Å². The van der Waals surface area contributed by atoms with Gasteiger partial charge in [0.1, 0.15) is 0 Å². The lowest BCUT2D eigenvalue weighted by atomic mass is 10.0. The topological polar surface area (TPSA) is 26.0 Å². The number of nitrogens with two attached hydrogens (primary N) is 1. The third-order valence-corrected chi connectivity index (χ3v) is 1.62. The molecular formula is C10H19N. The van der Waals surface area contributed by atoms with Crippen molar-refractivity contribution in [2.75, 3.05) is 0 Å². The summed E-state index contributed by atoms with van der Waals surface area (Å²) in [6.07, 6.45) is 8.33. The normalized spacial score (nSPS) is 13.3. The van der Waals surface area contributed by atoms with Gasteiger partial charge in [0, 0.05) is 0 Å². The van der Waals surface area contributed by atoms with Crippen LogP contribution in [0, 0.1) is 5.92 Å². The summed E-state index contributed by atoms with van der Waals surface area (Å²) in [7, 11) is 0. The van der Waals surface area contributed by atoms with E-state index in [4.69, 9.17) is 5.73 Å². The molecule has 64 valence electrons. The molecule has 0 atom stereocenters. The minimum absolute atomic E-state index is 0.535. The van der Waals surface area contributed by atoms with Crippen LogP contribution in [-0.2, 0) is 0 Å². The van der Waals surface area contributed by atoms with Gasteiger partial charge >= 0.3 is 0 Å². The molecule has 0 fully saturated rings. The van der Waals surface area contributed by atoms with Crippen LogP contribution in [0.25, 0.3) is 0 Å². The molecule has 0 unspecified atom stereocenters. The summed E-state index contributed by atoms with van der Waals surface area (Å²) in [5.74, 6) is 0.535. The van der Waals surface area contributed by atoms with Gasteiger partial charge in [-0.05, 0) is 24.1 Å². The van der Waals surface area contributed by atoms with Crippen molar-refractivity contribution < 1.29 is 0 Å². The highest BCUT2D eigenvalue weighted by Gasteiger charge is 1.95. The van der Waals surface area contributed by atoms with Gasteiger partial charge in [0.15, 0.2) is 0 Å². The maximum absolute atomic E-state index is 5.44. The quantitative estimate of drug-likeness (QED) is 0.617. The van der Waals surface area contributed by atoms with Crippen molar-refractivity contribution >= 4 is 0 Å². The van der Waals surface area contributed by atoms with E-state index in [0.29, 0.717) is 5.92 Å². The molecule has 0 spiro atoms. The molecule has 0 aliphatic rings. The van der Waals surface area contributed by atoms with E-state index in [-0.39, 0.29) is 0 Å². The first kappa shape index (κ1) is 10.3. The fraction of sp³-hybridized carbons (Fsp3) is 0.600. The Balaban J connectivity index is 3.89. The monoisotopic (exact) mass is 153 g/mol. The maximum atomic E-state index is 5.44. The lowest BCUT2D eigenvalue weighted by Crippen LogP contribution is -1.94. The highest BCUT2D eigenvalue weighted by atomic mass is 14.5. The SMILES string of the molecule is CCC/C=C\C(=C/N)C(C)C. The van der Waals surface area contributed by atoms with E-state index in [1.54, 1.807) is 6.20 Å². The zero-order chi connectivity index (χ0) is 8.69. The Kier molecular flexibility index (Phi) is 5.63. The third-order valence-electron chi connectivity index (χ3n) is 1.62. The van der Waals surface area contributed by atoms with E-state index >= 15 is 0 Å². The summed E-state index contributed by atoms with van der Waals surface area (Å²) < 4.78 is 0. The first-order valence-electron chi connectivity index (χ1n) is 4.30. The zero-order valence-corrected chi connectivity index (χ0v) is 7.80. The van der Waals surface area contributed by atoms with Crippen molar-refractivity contribution in [3.05, 3.63) is 23.9 Å². The highest BCUT2D eigenvalue weighted by Crippen LogP contribution is 2.09. The van der Waals surface area contributed by atoms with Gasteiger partial charge in [-0.25, -0.2) is 0 Å². The van der Waals surface area contributed by atoms with Crippen LogP contribution in [0.5, 0.6) is 0 Å². The molecule has 1 nitrogen and oxygen atoms in total. The molecule has 0 aromatic heterocycles. The Morgan fingerprint density at radius 3 is 2.45 bits per heavy atom. The lowest BCUT2D eigenvalue weighted by molar-refractivity contribution is 0.786. The van der Waals surface area contributed by atoms with Crippen molar-refractivity contribution in [3.63, 3.8) is 0 Å². The number of allylic oxidation sites excluding steroid dienone is 3. The fourth-order valence-corrected chi connectivity index (χ4v) is 0.827. The third kappa shape index (κ3) is 4.65. The fourth-order valence-electron chi connectivity index (χ4n) is 0.827. The maximum Gasteiger partial charge on any atom is -0.00272 e. The average molecular weight is 153 g/mol. The highest BCUT2D eigenvalue weighted by molar-refractivity contribution is 5.19. The van der Waals surface area contributed by atoms with Crippen LogP contribution in [0.4, 0.5) is 0 Å². The minimum atomic E-state index is 0.535. The number of hydrogen-bond acceptors (Lipinski definition) is 1. The van der Waals surface area contributed by atoms with Crippen molar-refractivity contribution in [2.45, 2.75) is 33.6 Å². The second-order valence-corrected chi connectivity index (χ2v) is 3.01. The average Bonchev–Trinajstić information content (AvgIpc) is 1.97. The minimum Gasteiger partial charge on any atom is -0.404 e. The van der Waals surface area contributed by atoms with E-state index in [9.17, 15) is 0 Å². The predicted octanol–water partition coefficient (Wildman–Crippen LogP) is 2.84. The number of hydrogen-bond donors (Lipinski definition) is 1. The molecule has 11 heavy (non-hydrogen) atoms. The van der Waals surface area contributed by atoms with Crippen LogP contribution in [0.1, 0.15) is 33.6 Å². The second-order valence-electron chi connectivity index (χ2n) is 3.01. The Morgan fingerprint density at radius 1 is 1.45 bits per heavy atom. The van der Waals surface area contributed by atoms with Gasteiger partial charge in [0.05, 0.1) is 0 Å². The molecule has 1 heteroatoms. The predicted molar refractivity (Wildman–Crippen MR) is 51.2 cm³/mol. The van der Waals surface area contributed by atoms with E-state index in [0.717, 1.165) is 6.42 Å². The van der Waals surface area contributed by atoms with Crippen LogP contribution >= 0.6 is 0 Å². The van der Waals surface area contributed by atoms with Crippen molar-refractivity contribution in [2.24, 2.45) is 11.7 Å². The van der Waals surface area contributed by atoms with Gasteiger partial charge in [0.25, 0.3) is 0 Å².